The monoisotopic (exact) mass is 452 g/mol. The first-order valence-corrected chi connectivity index (χ1v) is 13.4. The number of rotatable bonds is 6. The third kappa shape index (κ3) is 3.69. The molecule has 0 aliphatic heterocycles. The van der Waals surface area contributed by atoms with Gasteiger partial charge in [-0.1, -0.05) is 40.5 Å². The fourth-order valence-corrected chi connectivity index (χ4v) is 9.34. The quantitative estimate of drug-likeness (QED) is 0.425. The summed E-state index contributed by atoms with van der Waals surface area (Å²) in [6.45, 7) is 9.24. The van der Waals surface area contributed by atoms with Crippen molar-refractivity contribution in [2.75, 3.05) is 6.61 Å². The van der Waals surface area contributed by atoms with Gasteiger partial charge in [0.2, 0.25) is 0 Å². The van der Waals surface area contributed by atoms with Crippen LogP contribution in [0.5, 0.6) is 0 Å². The number of aliphatic hydroxyl groups is 5. The van der Waals surface area contributed by atoms with Crippen LogP contribution in [-0.4, -0.2) is 56.1 Å². The van der Waals surface area contributed by atoms with Gasteiger partial charge in [0.1, 0.15) is 0 Å². The van der Waals surface area contributed by atoms with E-state index in [2.05, 4.69) is 27.7 Å². The van der Waals surface area contributed by atoms with Crippen molar-refractivity contribution in [1.29, 1.82) is 0 Å². The van der Waals surface area contributed by atoms with Gasteiger partial charge in [-0.3, -0.25) is 0 Å². The van der Waals surface area contributed by atoms with Crippen LogP contribution in [0.1, 0.15) is 91.9 Å². The van der Waals surface area contributed by atoms with Gasteiger partial charge in [0.15, 0.2) is 0 Å². The van der Waals surface area contributed by atoms with Crippen LogP contribution in [0.15, 0.2) is 0 Å². The van der Waals surface area contributed by atoms with Crippen LogP contribution in [0.25, 0.3) is 0 Å². The molecular formula is C27H48O5. The fourth-order valence-electron chi connectivity index (χ4n) is 9.34. The number of fused-ring (bicyclic) bond motifs is 5. The van der Waals surface area contributed by atoms with Crippen molar-refractivity contribution in [2.24, 2.45) is 46.3 Å². The van der Waals surface area contributed by atoms with E-state index in [1.165, 1.54) is 0 Å². The number of hydrogen-bond acceptors (Lipinski definition) is 5. The van der Waals surface area contributed by atoms with E-state index in [1.807, 2.05) is 0 Å². The standard InChI is InChI=1S/C27H48O5/c1-16(15-28)6-5-7-17(2)21-13-22(30)24-19-12-23(31)27(32)14-18(29)8-11-26(27,4)20(19)9-10-25(21,24)3/h16-24,28-32H,5-15H2,1-4H3/t16-,17-,18+,19?,20?,21-,22-,23-,24?,25-,26-,27+/m1/s1. The normalized spacial score (nSPS) is 52.6. The zero-order chi connectivity index (χ0) is 23.5. The molecule has 32 heavy (non-hydrogen) atoms. The summed E-state index contributed by atoms with van der Waals surface area (Å²) in [5, 5.41) is 53.7. The maximum absolute atomic E-state index is 11.6. The maximum Gasteiger partial charge on any atom is 0.0985 e. The molecule has 4 aliphatic carbocycles. The third-order valence-electron chi connectivity index (χ3n) is 11.2. The average molecular weight is 453 g/mol. The van der Waals surface area contributed by atoms with Crippen LogP contribution in [0.3, 0.4) is 0 Å². The first-order valence-electron chi connectivity index (χ1n) is 13.4. The molecule has 5 N–H and O–H groups in total. The third-order valence-corrected chi connectivity index (χ3v) is 11.2. The van der Waals surface area contributed by atoms with E-state index in [1.54, 1.807) is 0 Å². The lowest BCUT2D eigenvalue weighted by molar-refractivity contribution is -0.268. The van der Waals surface area contributed by atoms with Crippen molar-refractivity contribution in [2.45, 2.75) is 116 Å². The molecule has 5 heteroatoms. The Balaban J connectivity index is 1.54. The van der Waals surface area contributed by atoms with Crippen molar-refractivity contribution in [1.82, 2.24) is 0 Å². The summed E-state index contributed by atoms with van der Waals surface area (Å²) in [5.41, 5.74) is -1.55. The van der Waals surface area contributed by atoms with Gasteiger partial charge < -0.3 is 25.5 Å². The Bertz CT molecular complexity index is 670. The minimum absolute atomic E-state index is 0.0717. The SMILES string of the molecule is C[C@@H](CO)CCC[C@@H](C)[C@H]1C[C@@H](O)C2C3C[C@@H](O)[C@@]4(O)C[C@@H](O)CC[C@]4(C)C3CC[C@@]21C. The van der Waals surface area contributed by atoms with Gasteiger partial charge in [-0.15, -0.1) is 0 Å². The van der Waals surface area contributed by atoms with Gasteiger partial charge in [-0.2, -0.15) is 0 Å². The Morgan fingerprint density at radius 2 is 1.69 bits per heavy atom. The fraction of sp³-hybridized carbons (Fsp3) is 1.00. The Hall–Kier alpha value is -0.200. The Morgan fingerprint density at radius 1 is 0.969 bits per heavy atom. The Morgan fingerprint density at radius 3 is 2.38 bits per heavy atom. The van der Waals surface area contributed by atoms with Gasteiger partial charge in [0, 0.05) is 18.4 Å². The molecule has 3 unspecified atom stereocenters. The lowest BCUT2D eigenvalue weighted by Gasteiger charge is -2.65. The molecule has 0 aromatic heterocycles. The van der Waals surface area contributed by atoms with Crippen LogP contribution in [0, 0.1) is 46.3 Å². The lowest BCUT2D eigenvalue weighted by atomic mass is 9.42. The molecule has 0 amide bonds. The predicted molar refractivity (Wildman–Crippen MR) is 125 cm³/mol. The van der Waals surface area contributed by atoms with Crippen molar-refractivity contribution in [3.05, 3.63) is 0 Å². The largest absolute Gasteiger partial charge is 0.396 e. The summed E-state index contributed by atoms with van der Waals surface area (Å²) in [6.07, 6.45) is 6.78. The van der Waals surface area contributed by atoms with E-state index in [4.69, 9.17) is 0 Å². The Kier molecular flexibility index (Phi) is 6.84. The van der Waals surface area contributed by atoms with Crippen molar-refractivity contribution < 1.29 is 25.5 Å². The number of hydrogen-bond donors (Lipinski definition) is 5. The summed E-state index contributed by atoms with van der Waals surface area (Å²) in [6, 6.07) is 0. The van der Waals surface area contributed by atoms with Crippen LogP contribution in [0.2, 0.25) is 0 Å². The molecule has 0 spiro atoms. The molecule has 4 fully saturated rings. The van der Waals surface area contributed by atoms with Crippen LogP contribution < -0.4 is 0 Å². The molecule has 0 bridgehead atoms. The zero-order valence-corrected chi connectivity index (χ0v) is 20.7. The molecule has 0 radical (unpaired) electrons. The summed E-state index contributed by atoms with van der Waals surface area (Å²) in [4.78, 5) is 0. The minimum atomic E-state index is -1.22. The van der Waals surface area contributed by atoms with Gasteiger partial charge in [0.05, 0.1) is 23.9 Å². The first kappa shape index (κ1) is 24.9. The van der Waals surface area contributed by atoms with E-state index in [0.29, 0.717) is 30.6 Å². The second-order valence-electron chi connectivity index (χ2n) is 12.9. The minimum Gasteiger partial charge on any atom is -0.396 e. The molecular weight excluding hydrogens is 404 g/mol. The zero-order valence-electron chi connectivity index (χ0n) is 20.7. The van der Waals surface area contributed by atoms with Gasteiger partial charge in [-0.25, -0.2) is 0 Å². The average Bonchev–Trinajstić information content (AvgIpc) is 3.01. The molecule has 4 rings (SSSR count). The summed E-state index contributed by atoms with van der Waals surface area (Å²) in [7, 11) is 0. The lowest BCUT2D eigenvalue weighted by Crippen LogP contribution is -2.69. The van der Waals surface area contributed by atoms with E-state index in [0.717, 1.165) is 44.9 Å². The smallest absolute Gasteiger partial charge is 0.0985 e. The summed E-state index contributed by atoms with van der Waals surface area (Å²) in [5.74, 6) is 2.06. The van der Waals surface area contributed by atoms with E-state index < -0.39 is 23.2 Å². The van der Waals surface area contributed by atoms with Gasteiger partial charge in [-0.05, 0) is 85.9 Å². The molecule has 0 aromatic rings. The highest BCUT2D eigenvalue weighted by molar-refractivity contribution is 5.18. The first-order chi connectivity index (χ1) is 15.0. The Labute approximate surface area is 194 Å². The summed E-state index contributed by atoms with van der Waals surface area (Å²) >= 11 is 0. The maximum atomic E-state index is 11.6. The molecule has 4 saturated carbocycles. The molecule has 5 nitrogen and oxygen atoms in total. The highest BCUT2D eigenvalue weighted by Gasteiger charge is 2.68. The van der Waals surface area contributed by atoms with Gasteiger partial charge >= 0.3 is 0 Å². The van der Waals surface area contributed by atoms with E-state index >= 15 is 0 Å². The van der Waals surface area contributed by atoms with E-state index in [-0.39, 0.29) is 42.3 Å². The predicted octanol–water partition coefficient (Wildman–Crippen LogP) is 3.50. The van der Waals surface area contributed by atoms with Crippen molar-refractivity contribution in [3.8, 4) is 0 Å². The highest BCUT2D eigenvalue weighted by Crippen LogP contribution is 2.69. The second kappa shape index (κ2) is 8.78. The van der Waals surface area contributed by atoms with Crippen molar-refractivity contribution >= 4 is 0 Å². The molecule has 0 saturated heterocycles. The van der Waals surface area contributed by atoms with Crippen molar-refractivity contribution in [3.63, 3.8) is 0 Å². The topological polar surface area (TPSA) is 101 Å². The highest BCUT2D eigenvalue weighted by atomic mass is 16.3. The molecule has 0 aromatic carbocycles. The van der Waals surface area contributed by atoms with Crippen LogP contribution in [0.4, 0.5) is 0 Å². The van der Waals surface area contributed by atoms with Gasteiger partial charge in [0.25, 0.3) is 0 Å². The van der Waals surface area contributed by atoms with E-state index in [9.17, 15) is 25.5 Å². The number of aliphatic hydroxyl groups excluding tert-OH is 4. The van der Waals surface area contributed by atoms with Crippen LogP contribution in [-0.2, 0) is 0 Å². The molecule has 186 valence electrons. The molecule has 12 atom stereocenters. The second-order valence-corrected chi connectivity index (χ2v) is 12.9. The molecule has 0 heterocycles. The summed E-state index contributed by atoms with van der Waals surface area (Å²) < 4.78 is 0. The molecule has 4 aliphatic rings. The van der Waals surface area contributed by atoms with Crippen LogP contribution >= 0.6 is 0 Å².